The smallest absolute Gasteiger partial charge is 0.329 e. The molecule has 1 aromatic carbocycles. The fourth-order valence-electron chi connectivity index (χ4n) is 2.51. The van der Waals surface area contributed by atoms with Gasteiger partial charge in [-0.05, 0) is 17.7 Å². The van der Waals surface area contributed by atoms with Gasteiger partial charge in [0.1, 0.15) is 12.6 Å². The number of esters is 1. The highest BCUT2D eigenvalue weighted by molar-refractivity contribution is 7.13. The maximum Gasteiger partial charge on any atom is 0.329 e. The standard InChI is InChI=1S/C20H19N3O5S/c1-13(24)21-20-22-15(12-29-20)11-28-19(26)16(10-14-6-3-2-4-7-14)23-18(25)17-8-5-9-27-17/h2-9,12,16H,10-11H2,1H3,(H,23,25)(H,21,22,24)/t16-/m0/s1. The average molecular weight is 413 g/mol. The van der Waals surface area contributed by atoms with Gasteiger partial charge in [0.25, 0.3) is 5.91 Å². The van der Waals surface area contributed by atoms with E-state index in [9.17, 15) is 14.4 Å². The van der Waals surface area contributed by atoms with Gasteiger partial charge in [0.05, 0.1) is 12.0 Å². The van der Waals surface area contributed by atoms with Crippen molar-refractivity contribution in [3.05, 3.63) is 71.1 Å². The van der Waals surface area contributed by atoms with Crippen molar-refractivity contribution in [2.75, 3.05) is 5.32 Å². The minimum absolute atomic E-state index is 0.0726. The Bertz CT molecular complexity index is 969. The molecular formula is C20H19N3O5S. The number of benzene rings is 1. The van der Waals surface area contributed by atoms with Crippen molar-refractivity contribution in [3.8, 4) is 0 Å². The largest absolute Gasteiger partial charge is 0.459 e. The maximum atomic E-state index is 12.6. The molecule has 0 fully saturated rings. The Morgan fingerprint density at radius 2 is 1.97 bits per heavy atom. The Balaban J connectivity index is 1.65. The van der Waals surface area contributed by atoms with E-state index in [2.05, 4.69) is 15.6 Å². The molecule has 0 saturated heterocycles. The van der Waals surface area contributed by atoms with Crippen LogP contribution in [0.4, 0.5) is 5.13 Å². The molecule has 0 unspecified atom stereocenters. The number of nitrogens with zero attached hydrogens (tertiary/aromatic N) is 1. The van der Waals surface area contributed by atoms with Crippen LogP contribution in [-0.4, -0.2) is 28.8 Å². The summed E-state index contributed by atoms with van der Waals surface area (Å²) in [6, 6.07) is 11.5. The van der Waals surface area contributed by atoms with E-state index in [4.69, 9.17) is 9.15 Å². The van der Waals surface area contributed by atoms with Gasteiger partial charge in [-0.1, -0.05) is 30.3 Å². The van der Waals surface area contributed by atoms with Gasteiger partial charge in [-0.3, -0.25) is 9.59 Å². The summed E-state index contributed by atoms with van der Waals surface area (Å²) in [5.41, 5.74) is 1.37. The summed E-state index contributed by atoms with van der Waals surface area (Å²) < 4.78 is 10.4. The molecule has 2 aromatic heterocycles. The van der Waals surface area contributed by atoms with Crippen LogP contribution in [0.2, 0.25) is 0 Å². The van der Waals surface area contributed by atoms with Gasteiger partial charge >= 0.3 is 5.97 Å². The molecule has 2 amide bonds. The van der Waals surface area contributed by atoms with Crippen LogP contribution >= 0.6 is 11.3 Å². The summed E-state index contributed by atoms with van der Waals surface area (Å²) in [6.45, 7) is 1.31. The predicted octanol–water partition coefficient (Wildman–Crippen LogP) is 2.78. The highest BCUT2D eigenvalue weighted by Crippen LogP contribution is 2.16. The summed E-state index contributed by atoms with van der Waals surface area (Å²) in [6.07, 6.45) is 1.65. The monoisotopic (exact) mass is 413 g/mol. The second-order valence-electron chi connectivity index (χ2n) is 6.13. The second kappa shape index (κ2) is 9.65. The zero-order valence-electron chi connectivity index (χ0n) is 15.6. The number of ether oxygens (including phenoxy) is 1. The SMILES string of the molecule is CC(=O)Nc1nc(COC(=O)[C@H](Cc2ccccc2)NC(=O)c2ccco2)cs1. The number of hydrogen-bond donors (Lipinski definition) is 2. The van der Waals surface area contributed by atoms with Gasteiger partial charge in [0, 0.05) is 18.7 Å². The first kappa shape index (κ1) is 20.3. The van der Waals surface area contributed by atoms with Gasteiger partial charge < -0.3 is 19.8 Å². The summed E-state index contributed by atoms with van der Waals surface area (Å²) in [5, 5.41) is 7.34. The molecule has 0 spiro atoms. The van der Waals surface area contributed by atoms with Gasteiger partial charge in [0.2, 0.25) is 5.91 Å². The average Bonchev–Trinajstić information content (AvgIpc) is 3.38. The zero-order chi connectivity index (χ0) is 20.6. The van der Waals surface area contributed by atoms with E-state index in [1.54, 1.807) is 11.4 Å². The lowest BCUT2D eigenvalue weighted by Gasteiger charge is -2.17. The second-order valence-corrected chi connectivity index (χ2v) is 6.98. The summed E-state index contributed by atoms with van der Waals surface area (Å²) >= 11 is 1.23. The van der Waals surface area contributed by atoms with Crippen molar-refractivity contribution < 1.29 is 23.5 Å². The van der Waals surface area contributed by atoms with E-state index in [0.29, 0.717) is 10.8 Å². The minimum atomic E-state index is -0.900. The highest BCUT2D eigenvalue weighted by atomic mass is 32.1. The van der Waals surface area contributed by atoms with Crippen molar-refractivity contribution in [1.82, 2.24) is 10.3 Å². The molecule has 2 heterocycles. The molecule has 8 nitrogen and oxygen atoms in total. The minimum Gasteiger partial charge on any atom is -0.459 e. The molecule has 0 aliphatic heterocycles. The predicted molar refractivity (Wildman–Crippen MR) is 106 cm³/mol. The van der Waals surface area contributed by atoms with Crippen LogP contribution < -0.4 is 10.6 Å². The Kier molecular flexibility index (Phi) is 6.75. The van der Waals surface area contributed by atoms with Crippen molar-refractivity contribution in [2.24, 2.45) is 0 Å². The number of carbonyl (C=O) groups is 3. The van der Waals surface area contributed by atoms with Crippen molar-refractivity contribution in [2.45, 2.75) is 26.0 Å². The molecule has 3 rings (SSSR count). The van der Waals surface area contributed by atoms with Crippen LogP contribution in [0, 0.1) is 0 Å². The Hall–Kier alpha value is -3.46. The normalized spacial score (nSPS) is 11.5. The molecule has 29 heavy (non-hydrogen) atoms. The molecule has 0 aliphatic rings. The van der Waals surface area contributed by atoms with Gasteiger partial charge in [0.15, 0.2) is 10.9 Å². The molecule has 1 atom stereocenters. The number of furan rings is 1. The van der Waals surface area contributed by atoms with Crippen LogP contribution in [0.3, 0.4) is 0 Å². The van der Waals surface area contributed by atoms with E-state index in [1.165, 1.54) is 30.6 Å². The number of amides is 2. The van der Waals surface area contributed by atoms with E-state index in [0.717, 1.165) is 5.56 Å². The summed E-state index contributed by atoms with van der Waals surface area (Å²) in [5.74, 6) is -1.22. The molecular weight excluding hydrogens is 394 g/mol. The first-order valence-electron chi connectivity index (χ1n) is 8.78. The van der Waals surface area contributed by atoms with Gasteiger partial charge in [-0.25, -0.2) is 9.78 Å². The summed E-state index contributed by atoms with van der Waals surface area (Å²) in [4.78, 5) is 40.2. The van der Waals surface area contributed by atoms with E-state index in [-0.39, 0.29) is 24.7 Å². The van der Waals surface area contributed by atoms with Gasteiger partial charge in [-0.15, -0.1) is 11.3 Å². The van der Waals surface area contributed by atoms with Crippen molar-refractivity contribution in [1.29, 1.82) is 0 Å². The number of nitrogens with one attached hydrogen (secondary N) is 2. The quantitative estimate of drug-likeness (QED) is 0.550. The summed E-state index contributed by atoms with van der Waals surface area (Å²) in [7, 11) is 0. The van der Waals surface area contributed by atoms with Crippen molar-refractivity contribution in [3.63, 3.8) is 0 Å². The fourth-order valence-corrected chi connectivity index (χ4v) is 3.25. The third-order valence-electron chi connectivity index (χ3n) is 3.81. The Morgan fingerprint density at radius 3 is 2.66 bits per heavy atom. The molecule has 150 valence electrons. The third kappa shape index (κ3) is 6.01. The third-order valence-corrected chi connectivity index (χ3v) is 4.62. The lowest BCUT2D eigenvalue weighted by atomic mass is 10.1. The van der Waals surface area contributed by atoms with Crippen LogP contribution in [0.1, 0.15) is 28.7 Å². The molecule has 0 saturated carbocycles. The molecule has 9 heteroatoms. The Labute approximate surface area is 170 Å². The number of rotatable bonds is 8. The van der Waals surface area contributed by atoms with E-state index >= 15 is 0 Å². The molecule has 3 aromatic rings. The van der Waals surface area contributed by atoms with Crippen LogP contribution in [-0.2, 0) is 27.4 Å². The maximum absolute atomic E-state index is 12.6. The lowest BCUT2D eigenvalue weighted by Crippen LogP contribution is -2.43. The number of hydrogen-bond acceptors (Lipinski definition) is 7. The first-order chi connectivity index (χ1) is 14.0. The molecule has 0 bridgehead atoms. The van der Waals surface area contributed by atoms with Crippen LogP contribution in [0.25, 0.3) is 0 Å². The molecule has 2 N–H and O–H groups in total. The van der Waals surface area contributed by atoms with E-state index < -0.39 is 17.9 Å². The van der Waals surface area contributed by atoms with Crippen molar-refractivity contribution >= 4 is 34.3 Å². The topological polar surface area (TPSA) is 111 Å². The van der Waals surface area contributed by atoms with Crippen LogP contribution in [0.5, 0.6) is 0 Å². The zero-order valence-corrected chi connectivity index (χ0v) is 16.4. The number of aromatic nitrogens is 1. The molecule has 0 aliphatic carbocycles. The Morgan fingerprint density at radius 1 is 1.17 bits per heavy atom. The number of carbonyl (C=O) groups excluding carboxylic acids is 3. The molecule has 0 radical (unpaired) electrons. The van der Waals surface area contributed by atoms with E-state index in [1.807, 2.05) is 30.3 Å². The number of thiazole rings is 1. The fraction of sp³-hybridized carbons (Fsp3) is 0.200. The lowest BCUT2D eigenvalue weighted by molar-refractivity contribution is -0.147. The highest BCUT2D eigenvalue weighted by Gasteiger charge is 2.24. The van der Waals surface area contributed by atoms with Gasteiger partial charge in [-0.2, -0.15) is 0 Å². The number of anilines is 1. The van der Waals surface area contributed by atoms with Crippen LogP contribution in [0.15, 0.2) is 58.5 Å². The first-order valence-corrected chi connectivity index (χ1v) is 9.66.